The first-order valence-electron chi connectivity index (χ1n) is 2.33. The number of nitrogens with one attached hydrogen (secondary N) is 1. The van der Waals surface area contributed by atoms with Gasteiger partial charge >= 0.3 is 0 Å². The molecule has 8 heavy (non-hydrogen) atoms. The van der Waals surface area contributed by atoms with Crippen molar-refractivity contribution in [1.29, 1.82) is 0 Å². The van der Waals surface area contributed by atoms with Crippen molar-refractivity contribution in [2.45, 2.75) is 13.8 Å². The average Bonchev–Trinajstić information content (AvgIpc) is 1.65. The zero-order valence-electron chi connectivity index (χ0n) is 5.06. The van der Waals surface area contributed by atoms with E-state index in [0.717, 1.165) is 10.7 Å². The minimum Gasteiger partial charge on any atom is -0.403 e. The van der Waals surface area contributed by atoms with Gasteiger partial charge < -0.3 is 11.1 Å². The lowest BCUT2D eigenvalue weighted by molar-refractivity contribution is 1.11. The molecule has 0 aromatic carbocycles. The summed E-state index contributed by atoms with van der Waals surface area (Å²) < 4.78 is 0. The van der Waals surface area contributed by atoms with E-state index in [-0.39, 0.29) is 0 Å². The highest BCUT2D eigenvalue weighted by Crippen LogP contribution is 1.80. The van der Waals surface area contributed by atoms with Gasteiger partial charge in [-0.1, -0.05) is 12.2 Å². The van der Waals surface area contributed by atoms with E-state index in [2.05, 4.69) is 5.32 Å². The lowest BCUT2D eigenvalue weighted by atomic mass is 10.5. The molecule has 0 spiro atoms. The highest BCUT2D eigenvalue weighted by Gasteiger charge is 1.83. The van der Waals surface area contributed by atoms with Crippen molar-refractivity contribution in [3.63, 3.8) is 0 Å². The Labute approximate surface area is 54.8 Å². The first kappa shape index (κ1) is 7.43. The largest absolute Gasteiger partial charge is 0.403 e. The van der Waals surface area contributed by atoms with Gasteiger partial charge in [0.15, 0.2) is 0 Å². The fourth-order valence-corrected chi connectivity index (χ4v) is 0.480. The number of allylic oxidation sites excluding steroid dienone is 1. The summed E-state index contributed by atoms with van der Waals surface area (Å²) in [5.41, 5.74) is 6.02. The zero-order chi connectivity index (χ0) is 6.57. The molecule has 0 unspecified atom stereocenters. The lowest BCUT2D eigenvalue weighted by Crippen LogP contribution is -2.15. The zero-order valence-corrected chi connectivity index (χ0v) is 5.88. The summed E-state index contributed by atoms with van der Waals surface area (Å²) in [5.74, 6) is 0. The SMILES string of the molecule is CC(=S)N/C(C)=C\N. The van der Waals surface area contributed by atoms with E-state index < -0.39 is 0 Å². The van der Waals surface area contributed by atoms with Gasteiger partial charge in [0.05, 0.1) is 4.99 Å². The molecule has 0 bridgehead atoms. The number of thiocarbonyl (C=S) groups is 1. The smallest absolute Gasteiger partial charge is 0.0763 e. The van der Waals surface area contributed by atoms with Gasteiger partial charge in [-0.05, 0) is 13.8 Å². The molecule has 0 rings (SSSR count). The van der Waals surface area contributed by atoms with Crippen LogP contribution in [0.1, 0.15) is 13.8 Å². The summed E-state index contributed by atoms with van der Waals surface area (Å²) in [4.78, 5) is 0.740. The predicted octanol–water partition coefficient (Wildman–Crippen LogP) is 0.743. The standard InChI is InChI=1S/C5H10N2S/c1-4(3-6)7-5(2)8/h3H,6H2,1-2H3,(H,7,8)/b4-3-. The third kappa shape index (κ3) is 3.61. The van der Waals surface area contributed by atoms with Gasteiger partial charge in [-0.2, -0.15) is 0 Å². The number of hydrogen-bond acceptors (Lipinski definition) is 2. The van der Waals surface area contributed by atoms with Crippen LogP contribution in [0.3, 0.4) is 0 Å². The van der Waals surface area contributed by atoms with Crippen LogP contribution >= 0.6 is 12.2 Å². The molecule has 0 atom stereocenters. The van der Waals surface area contributed by atoms with Crippen LogP contribution in [0.5, 0.6) is 0 Å². The Bertz CT molecular complexity index is 118. The fourth-order valence-electron chi connectivity index (χ4n) is 0.319. The molecule has 0 aliphatic rings. The minimum atomic E-state index is 0.740. The molecule has 0 aliphatic carbocycles. The van der Waals surface area contributed by atoms with Crippen molar-refractivity contribution in [2.75, 3.05) is 0 Å². The highest BCUT2D eigenvalue weighted by atomic mass is 32.1. The van der Waals surface area contributed by atoms with Gasteiger partial charge in [0.1, 0.15) is 0 Å². The molecule has 0 aliphatic heterocycles. The topological polar surface area (TPSA) is 38.0 Å². The van der Waals surface area contributed by atoms with Gasteiger partial charge in [0.2, 0.25) is 0 Å². The monoisotopic (exact) mass is 130 g/mol. The van der Waals surface area contributed by atoms with E-state index in [1.54, 1.807) is 0 Å². The van der Waals surface area contributed by atoms with Gasteiger partial charge in [-0.25, -0.2) is 0 Å². The fraction of sp³-hybridized carbons (Fsp3) is 0.400. The normalized spacial score (nSPS) is 11.0. The molecule has 0 radical (unpaired) electrons. The molecule has 0 saturated carbocycles. The molecule has 2 nitrogen and oxygen atoms in total. The minimum absolute atomic E-state index is 0.740. The molecule has 46 valence electrons. The molecule has 0 aromatic heterocycles. The number of rotatable bonds is 1. The summed E-state index contributed by atoms with van der Waals surface area (Å²) in [6.45, 7) is 3.66. The summed E-state index contributed by atoms with van der Waals surface area (Å²) in [5, 5.41) is 2.86. The summed E-state index contributed by atoms with van der Waals surface area (Å²) in [6, 6.07) is 0. The van der Waals surface area contributed by atoms with Crippen molar-refractivity contribution < 1.29 is 0 Å². The van der Waals surface area contributed by atoms with Crippen LogP contribution in [-0.4, -0.2) is 4.99 Å². The Hall–Kier alpha value is -0.570. The molecule has 3 heteroatoms. The Morgan fingerprint density at radius 2 is 2.12 bits per heavy atom. The second-order valence-corrected chi connectivity index (χ2v) is 2.14. The maximum Gasteiger partial charge on any atom is 0.0763 e. The van der Waals surface area contributed by atoms with E-state index in [9.17, 15) is 0 Å². The van der Waals surface area contributed by atoms with E-state index in [0.29, 0.717) is 0 Å². The molecule has 0 fully saturated rings. The van der Waals surface area contributed by atoms with Crippen LogP contribution in [-0.2, 0) is 0 Å². The Kier molecular flexibility index (Phi) is 3.19. The van der Waals surface area contributed by atoms with Crippen LogP contribution in [0, 0.1) is 0 Å². The van der Waals surface area contributed by atoms with E-state index >= 15 is 0 Å². The summed E-state index contributed by atoms with van der Waals surface area (Å²) in [7, 11) is 0. The van der Waals surface area contributed by atoms with Gasteiger partial charge in [-0.15, -0.1) is 0 Å². The van der Waals surface area contributed by atoms with E-state index in [1.807, 2.05) is 13.8 Å². The van der Waals surface area contributed by atoms with Crippen molar-refractivity contribution in [2.24, 2.45) is 5.73 Å². The van der Waals surface area contributed by atoms with Crippen LogP contribution in [0.2, 0.25) is 0 Å². The Morgan fingerprint density at radius 3 is 2.25 bits per heavy atom. The third-order valence-corrected chi connectivity index (χ3v) is 0.725. The van der Waals surface area contributed by atoms with Gasteiger partial charge in [0.25, 0.3) is 0 Å². The van der Waals surface area contributed by atoms with Crippen molar-refractivity contribution >= 4 is 17.2 Å². The molecule has 0 amide bonds. The van der Waals surface area contributed by atoms with Crippen molar-refractivity contribution in [1.82, 2.24) is 5.32 Å². The summed E-state index contributed by atoms with van der Waals surface area (Å²) >= 11 is 4.73. The molecule has 0 heterocycles. The third-order valence-electron chi connectivity index (χ3n) is 0.623. The van der Waals surface area contributed by atoms with Crippen LogP contribution in [0.4, 0.5) is 0 Å². The van der Waals surface area contributed by atoms with Crippen LogP contribution < -0.4 is 11.1 Å². The molecule has 3 N–H and O–H groups in total. The Morgan fingerprint density at radius 1 is 1.62 bits per heavy atom. The molecular formula is C5H10N2S. The second-order valence-electron chi connectivity index (χ2n) is 1.53. The van der Waals surface area contributed by atoms with Crippen LogP contribution in [0.25, 0.3) is 0 Å². The van der Waals surface area contributed by atoms with E-state index in [1.165, 1.54) is 6.20 Å². The average molecular weight is 130 g/mol. The molecule has 0 saturated heterocycles. The van der Waals surface area contributed by atoms with Crippen molar-refractivity contribution in [3.05, 3.63) is 11.9 Å². The second kappa shape index (κ2) is 3.43. The molecule has 0 aromatic rings. The predicted molar refractivity (Wildman–Crippen MR) is 39.4 cm³/mol. The molecular weight excluding hydrogens is 120 g/mol. The maximum atomic E-state index is 5.14. The van der Waals surface area contributed by atoms with Crippen LogP contribution in [0.15, 0.2) is 11.9 Å². The maximum absolute atomic E-state index is 5.14. The number of nitrogens with two attached hydrogens (primary N) is 1. The quantitative estimate of drug-likeness (QED) is 0.514. The number of hydrogen-bond donors (Lipinski definition) is 2. The summed E-state index contributed by atoms with van der Waals surface area (Å²) in [6.07, 6.45) is 1.48. The van der Waals surface area contributed by atoms with E-state index in [4.69, 9.17) is 18.0 Å². The first-order valence-corrected chi connectivity index (χ1v) is 2.73. The van der Waals surface area contributed by atoms with Crippen molar-refractivity contribution in [3.8, 4) is 0 Å². The Balaban J connectivity index is 3.56. The first-order chi connectivity index (χ1) is 3.66. The van der Waals surface area contributed by atoms with Gasteiger partial charge in [-0.3, -0.25) is 0 Å². The highest BCUT2D eigenvalue weighted by molar-refractivity contribution is 7.80. The van der Waals surface area contributed by atoms with Gasteiger partial charge in [0, 0.05) is 11.9 Å². The lowest BCUT2D eigenvalue weighted by Gasteiger charge is -1.99.